The van der Waals surface area contributed by atoms with E-state index in [2.05, 4.69) is 5.43 Å². The average molecular weight is 451 g/mol. The zero-order chi connectivity index (χ0) is 20.7. The Kier molecular flexibility index (Phi) is 5.95. The van der Waals surface area contributed by atoms with E-state index >= 15 is 0 Å². The van der Waals surface area contributed by atoms with Crippen molar-refractivity contribution in [3.8, 4) is 0 Å². The highest BCUT2D eigenvalue weighted by Crippen LogP contribution is 2.26. The lowest BCUT2D eigenvalue weighted by atomic mass is 10.0. The highest BCUT2D eigenvalue weighted by atomic mass is 32.2. The molecule has 0 radical (unpaired) electrons. The van der Waals surface area contributed by atoms with E-state index in [0.29, 0.717) is 6.42 Å². The van der Waals surface area contributed by atoms with Crippen LogP contribution in [-0.4, -0.2) is 64.8 Å². The van der Waals surface area contributed by atoms with Crippen LogP contribution in [0.2, 0.25) is 0 Å². The van der Waals surface area contributed by atoms with Gasteiger partial charge in [-0.15, -0.1) is 4.41 Å². The minimum atomic E-state index is -4.04. The standard InChI is InChI=1S/C17H26N2O6S3/c1-13(2)14-3-5-17(6-4-14)28(24,25)19(16-8-10-27(22,23)12-16)18-15-7-9-26(20,21)11-15/h3-6,13,15-16,18H,7-12H2,1-2H3/t15-,16+/m1/s1. The van der Waals surface area contributed by atoms with Gasteiger partial charge in [-0.3, -0.25) is 0 Å². The third kappa shape index (κ3) is 4.76. The topological polar surface area (TPSA) is 118 Å². The first kappa shape index (κ1) is 21.7. The van der Waals surface area contributed by atoms with Crippen molar-refractivity contribution >= 4 is 29.7 Å². The van der Waals surface area contributed by atoms with Crippen LogP contribution >= 0.6 is 0 Å². The highest BCUT2D eigenvalue weighted by Gasteiger charge is 2.41. The van der Waals surface area contributed by atoms with E-state index in [1.165, 1.54) is 12.1 Å². The lowest BCUT2D eigenvalue weighted by molar-refractivity contribution is 0.229. The Balaban J connectivity index is 1.92. The van der Waals surface area contributed by atoms with E-state index in [0.717, 1.165) is 9.98 Å². The monoisotopic (exact) mass is 450 g/mol. The first-order valence-corrected chi connectivity index (χ1v) is 14.3. The molecule has 28 heavy (non-hydrogen) atoms. The Morgan fingerprint density at radius 1 is 0.964 bits per heavy atom. The van der Waals surface area contributed by atoms with Crippen molar-refractivity contribution in [3.05, 3.63) is 29.8 Å². The number of nitrogens with zero attached hydrogens (tertiary/aromatic N) is 1. The molecular weight excluding hydrogens is 424 g/mol. The van der Waals surface area contributed by atoms with E-state index in [4.69, 9.17) is 0 Å². The van der Waals surface area contributed by atoms with Gasteiger partial charge in [-0.25, -0.2) is 30.7 Å². The number of sulfonamides is 1. The Hall–Kier alpha value is -1.01. The second-order valence-electron chi connectivity index (χ2n) is 7.81. The van der Waals surface area contributed by atoms with Crippen LogP contribution < -0.4 is 5.43 Å². The normalized spacial score (nSPS) is 26.9. The molecule has 0 aromatic heterocycles. The summed E-state index contributed by atoms with van der Waals surface area (Å²) >= 11 is 0. The van der Waals surface area contributed by atoms with Crippen LogP contribution in [0.1, 0.15) is 38.2 Å². The van der Waals surface area contributed by atoms with Gasteiger partial charge in [0.1, 0.15) is 0 Å². The number of benzene rings is 1. The molecule has 2 saturated heterocycles. The van der Waals surface area contributed by atoms with E-state index in [9.17, 15) is 25.3 Å². The number of sulfone groups is 2. The second kappa shape index (κ2) is 7.67. The molecule has 0 saturated carbocycles. The van der Waals surface area contributed by atoms with Gasteiger partial charge in [0.25, 0.3) is 10.0 Å². The van der Waals surface area contributed by atoms with Gasteiger partial charge in [0.05, 0.1) is 33.9 Å². The molecule has 0 unspecified atom stereocenters. The molecule has 1 N–H and O–H groups in total. The Bertz CT molecular complexity index is 1030. The van der Waals surface area contributed by atoms with Crippen molar-refractivity contribution in [3.63, 3.8) is 0 Å². The van der Waals surface area contributed by atoms with Gasteiger partial charge in [-0.1, -0.05) is 26.0 Å². The van der Waals surface area contributed by atoms with Crippen LogP contribution in [-0.2, 0) is 29.7 Å². The van der Waals surface area contributed by atoms with Crippen LogP contribution in [0.25, 0.3) is 0 Å². The van der Waals surface area contributed by atoms with E-state index in [1.807, 2.05) is 13.8 Å². The van der Waals surface area contributed by atoms with Crippen molar-refractivity contribution < 1.29 is 25.3 Å². The van der Waals surface area contributed by atoms with Crippen LogP contribution in [0, 0.1) is 0 Å². The molecule has 2 fully saturated rings. The maximum atomic E-state index is 13.3. The predicted octanol–water partition coefficient (Wildman–Crippen LogP) is 0.680. The molecule has 2 aliphatic heterocycles. The molecule has 1 aromatic carbocycles. The predicted molar refractivity (Wildman–Crippen MR) is 107 cm³/mol. The molecule has 1 aromatic rings. The van der Waals surface area contributed by atoms with Crippen LogP contribution in [0.3, 0.4) is 0 Å². The third-order valence-electron chi connectivity index (χ3n) is 5.19. The summed E-state index contributed by atoms with van der Waals surface area (Å²) < 4.78 is 74.9. The van der Waals surface area contributed by atoms with Crippen molar-refractivity contribution in [2.75, 3.05) is 23.0 Å². The smallest absolute Gasteiger partial charge is 0.237 e. The van der Waals surface area contributed by atoms with E-state index in [1.54, 1.807) is 12.1 Å². The quantitative estimate of drug-likeness (QED) is 0.633. The van der Waals surface area contributed by atoms with Gasteiger partial charge >= 0.3 is 0 Å². The molecule has 11 heteroatoms. The summed E-state index contributed by atoms with van der Waals surface area (Å²) in [5, 5.41) is 0. The minimum absolute atomic E-state index is 0.00932. The second-order valence-corrected chi connectivity index (χ2v) is 14.1. The molecule has 8 nitrogen and oxygen atoms in total. The van der Waals surface area contributed by atoms with E-state index in [-0.39, 0.29) is 40.2 Å². The van der Waals surface area contributed by atoms with E-state index < -0.39 is 41.8 Å². The molecule has 2 atom stereocenters. The Morgan fingerprint density at radius 2 is 1.54 bits per heavy atom. The molecule has 0 spiro atoms. The maximum absolute atomic E-state index is 13.3. The number of nitrogens with one attached hydrogen (secondary N) is 1. The maximum Gasteiger partial charge on any atom is 0.256 e. The number of rotatable bonds is 6. The number of hydrogen-bond acceptors (Lipinski definition) is 7. The summed E-state index contributed by atoms with van der Waals surface area (Å²) in [5.41, 5.74) is 3.82. The minimum Gasteiger partial charge on any atom is -0.237 e. The first-order chi connectivity index (χ1) is 12.9. The molecule has 3 rings (SSSR count). The molecule has 2 aliphatic rings. The zero-order valence-electron chi connectivity index (χ0n) is 15.9. The molecule has 2 heterocycles. The fraction of sp³-hybridized carbons (Fsp3) is 0.647. The zero-order valence-corrected chi connectivity index (χ0v) is 18.4. The fourth-order valence-electron chi connectivity index (χ4n) is 3.55. The summed E-state index contributed by atoms with van der Waals surface area (Å²) in [7, 11) is -10.6. The SMILES string of the molecule is CC(C)c1ccc(S(=O)(=O)N(N[C@@H]2CCS(=O)(=O)C2)[C@H]2CCS(=O)(=O)C2)cc1. The fourth-order valence-corrected chi connectivity index (χ4v) is 8.57. The number of hydrazine groups is 1. The van der Waals surface area contributed by atoms with Gasteiger partial charge in [0.2, 0.25) is 0 Å². The van der Waals surface area contributed by atoms with Crippen LogP contribution in [0.4, 0.5) is 0 Å². The molecular formula is C17H26N2O6S3. The summed E-state index contributed by atoms with van der Waals surface area (Å²) in [4.78, 5) is 0.0505. The summed E-state index contributed by atoms with van der Waals surface area (Å²) in [6.45, 7) is 4.00. The first-order valence-electron chi connectivity index (χ1n) is 9.21. The lowest BCUT2D eigenvalue weighted by Gasteiger charge is -2.30. The lowest BCUT2D eigenvalue weighted by Crippen LogP contribution is -2.54. The average Bonchev–Trinajstić information content (AvgIpc) is 3.13. The largest absolute Gasteiger partial charge is 0.256 e. The van der Waals surface area contributed by atoms with Crippen LogP contribution in [0.5, 0.6) is 0 Å². The van der Waals surface area contributed by atoms with Gasteiger partial charge in [0.15, 0.2) is 19.7 Å². The Morgan fingerprint density at radius 3 is 2.00 bits per heavy atom. The van der Waals surface area contributed by atoms with Gasteiger partial charge < -0.3 is 0 Å². The highest BCUT2D eigenvalue weighted by molar-refractivity contribution is 7.92. The molecule has 0 aliphatic carbocycles. The molecule has 0 amide bonds. The Labute approximate surface area is 167 Å². The van der Waals surface area contributed by atoms with Gasteiger partial charge in [0, 0.05) is 6.04 Å². The van der Waals surface area contributed by atoms with Crippen molar-refractivity contribution in [2.45, 2.75) is 49.6 Å². The molecule has 158 valence electrons. The summed E-state index contributed by atoms with van der Waals surface area (Å²) in [6, 6.07) is 5.17. The third-order valence-corrected chi connectivity index (χ3v) is 10.5. The molecule has 0 bridgehead atoms. The summed E-state index contributed by atoms with van der Waals surface area (Å²) in [5.74, 6) is -0.284. The summed E-state index contributed by atoms with van der Waals surface area (Å²) in [6.07, 6.45) is 0.470. The van der Waals surface area contributed by atoms with Crippen molar-refractivity contribution in [2.24, 2.45) is 0 Å². The number of hydrogen-bond donors (Lipinski definition) is 1. The van der Waals surface area contributed by atoms with Crippen molar-refractivity contribution in [1.29, 1.82) is 0 Å². The van der Waals surface area contributed by atoms with Gasteiger partial charge in [-0.05, 0) is 36.5 Å². The van der Waals surface area contributed by atoms with Gasteiger partial charge in [-0.2, -0.15) is 0 Å². The van der Waals surface area contributed by atoms with Crippen molar-refractivity contribution in [1.82, 2.24) is 9.84 Å². The van der Waals surface area contributed by atoms with Crippen LogP contribution in [0.15, 0.2) is 29.2 Å².